The number of hydrogen-bond acceptors (Lipinski definition) is 2. The molecule has 23 heavy (non-hydrogen) atoms. The van der Waals surface area contributed by atoms with Crippen molar-refractivity contribution < 1.29 is 9.53 Å². The zero-order valence-electron chi connectivity index (χ0n) is 13.1. The van der Waals surface area contributed by atoms with Crippen LogP contribution < -0.4 is 5.32 Å². The van der Waals surface area contributed by atoms with Crippen molar-refractivity contribution in [2.24, 2.45) is 0 Å². The molecule has 0 bridgehead atoms. The molecule has 1 saturated heterocycles. The predicted molar refractivity (Wildman–Crippen MR) is 93.0 cm³/mol. The van der Waals surface area contributed by atoms with E-state index >= 15 is 0 Å². The summed E-state index contributed by atoms with van der Waals surface area (Å²) in [6, 6.07) is 15.5. The van der Waals surface area contributed by atoms with Crippen LogP contribution in [0.5, 0.6) is 0 Å². The van der Waals surface area contributed by atoms with Crippen molar-refractivity contribution in [1.82, 2.24) is 0 Å². The van der Waals surface area contributed by atoms with Crippen LogP contribution in [0.15, 0.2) is 48.5 Å². The van der Waals surface area contributed by atoms with Gasteiger partial charge < -0.3 is 10.1 Å². The molecular formula is C19H20ClNO2. The zero-order valence-corrected chi connectivity index (χ0v) is 13.9. The standard InChI is InChI=1S/C19H20ClNO2/c1-14-16(20)8-5-9-17(14)21-18(22)19(10-12-23-13-11-19)15-6-3-2-4-7-15/h2-9H,10-13H2,1H3,(H,21,22). The molecule has 0 saturated carbocycles. The number of hydrogen-bond donors (Lipinski definition) is 1. The van der Waals surface area contributed by atoms with Crippen LogP contribution in [0.4, 0.5) is 5.69 Å². The van der Waals surface area contributed by atoms with Crippen LogP contribution in [0.2, 0.25) is 5.02 Å². The number of carbonyl (C=O) groups is 1. The number of halogens is 1. The quantitative estimate of drug-likeness (QED) is 0.910. The van der Waals surface area contributed by atoms with Crippen molar-refractivity contribution in [3.05, 3.63) is 64.7 Å². The molecule has 4 heteroatoms. The lowest BCUT2D eigenvalue weighted by Crippen LogP contribution is -2.44. The summed E-state index contributed by atoms with van der Waals surface area (Å²) in [6.07, 6.45) is 1.37. The van der Waals surface area contributed by atoms with Crippen molar-refractivity contribution in [2.45, 2.75) is 25.2 Å². The molecule has 1 aliphatic heterocycles. The summed E-state index contributed by atoms with van der Waals surface area (Å²) in [7, 11) is 0. The first kappa shape index (κ1) is 16.0. The summed E-state index contributed by atoms with van der Waals surface area (Å²) in [4.78, 5) is 13.1. The van der Waals surface area contributed by atoms with Gasteiger partial charge in [0.05, 0.1) is 5.41 Å². The van der Waals surface area contributed by atoms with E-state index in [0.29, 0.717) is 31.1 Å². The molecule has 0 unspecified atom stereocenters. The number of amides is 1. The van der Waals surface area contributed by atoms with Crippen LogP contribution in [0.3, 0.4) is 0 Å². The lowest BCUT2D eigenvalue weighted by atomic mass is 9.73. The van der Waals surface area contributed by atoms with E-state index in [1.807, 2.05) is 55.5 Å². The Bertz CT molecular complexity index is 694. The van der Waals surface area contributed by atoms with E-state index < -0.39 is 5.41 Å². The highest BCUT2D eigenvalue weighted by molar-refractivity contribution is 6.31. The van der Waals surface area contributed by atoms with Gasteiger partial charge in [0.1, 0.15) is 0 Å². The van der Waals surface area contributed by atoms with Crippen LogP contribution in [-0.2, 0) is 14.9 Å². The van der Waals surface area contributed by atoms with Gasteiger partial charge in [-0.3, -0.25) is 4.79 Å². The molecule has 0 radical (unpaired) electrons. The normalized spacial score (nSPS) is 16.8. The Morgan fingerprint density at radius 2 is 1.78 bits per heavy atom. The van der Waals surface area contributed by atoms with E-state index in [0.717, 1.165) is 16.8 Å². The lowest BCUT2D eigenvalue weighted by molar-refractivity contribution is -0.125. The third-order valence-corrected chi connectivity index (χ3v) is 5.03. The molecule has 3 nitrogen and oxygen atoms in total. The average molecular weight is 330 g/mol. The first-order valence-electron chi connectivity index (χ1n) is 7.83. The molecule has 0 aliphatic carbocycles. The molecule has 2 aromatic rings. The topological polar surface area (TPSA) is 38.3 Å². The summed E-state index contributed by atoms with van der Waals surface area (Å²) in [5.74, 6) is 0.0115. The monoisotopic (exact) mass is 329 g/mol. The first-order chi connectivity index (χ1) is 11.1. The number of benzene rings is 2. The average Bonchev–Trinajstić information content (AvgIpc) is 2.60. The van der Waals surface area contributed by atoms with Gasteiger partial charge in [0.2, 0.25) is 5.91 Å². The molecule has 1 fully saturated rings. The van der Waals surface area contributed by atoms with Gasteiger partial charge in [-0.05, 0) is 43.0 Å². The van der Waals surface area contributed by atoms with Gasteiger partial charge in [-0.25, -0.2) is 0 Å². The molecule has 1 heterocycles. The lowest BCUT2D eigenvalue weighted by Gasteiger charge is -2.36. The molecule has 1 N–H and O–H groups in total. The second-order valence-electron chi connectivity index (χ2n) is 5.93. The maximum atomic E-state index is 13.1. The minimum atomic E-state index is -0.547. The Kier molecular flexibility index (Phi) is 4.69. The highest BCUT2D eigenvalue weighted by atomic mass is 35.5. The fourth-order valence-electron chi connectivity index (χ4n) is 3.11. The fourth-order valence-corrected chi connectivity index (χ4v) is 3.28. The molecule has 0 atom stereocenters. The smallest absolute Gasteiger partial charge is 0.235 e. The zero-order chi connectivity index (χ0) is 16.3. The Balaban J connectivity index is 1.94. The van der Waals surface area contributed by atoms with Crippen LogP contribution >= 0.6 is 11.6 Å². The van der Waals surface area contributed by atoms with Gasteiger partial charge in [0.25, 0.3) is 0 Å². The number of carbonyl (C=O) groups excluding carboxylic acids is 1. The molecular weight excluding hydrogens is 310 g/mol. The molecule has 120 valence electrons. The second kappa shape index (κ2) is 6.73. The molecule has 0 spiro atoms. The minimum absolute atomic E-state index is 0.0115. The largest absolute Gasteiger partial charge is 0.381 e. The molecule has 1 aliphatic rings. The van der Waals surface area contributed by atoms with E-state index in [2.05, 4.69) is 5.32 Å². The minimum Gasteiger partial charge on any atom is -0.381 e. The molecule has 3 rings (SSSR count). The number of ether oxygens (including phenoxy) is 1. The summed E-state index contributed by atoms with van der Waals surface area (Å²) < 4.78 is 5.49. The van der Waals surface area contributed by atoms with Crippen molar-refractivity contribution >= 4 is 23.2 Å². The fraction of sp³-hybridized carbons (Fsp3) is 0.316. The molecule has 2 aromatic carbocycles. The molecule has 1 amide bonds. The first-order valence-corrected chi connectivity index (χ1v) is 8.21. The van der Waals surface area contributed by atoms with Crippen molar-refractivity contribution in [1.29, 1.82) is 0 Å². The van der Waals surface area contributed by atoms with Gasteiger partial charge in [-0.1, -0.05) is 48.0 Å². The Hall–Kier alpha value is -1.84. The third-order valence-electron chi connectivity index (χ3n) is 4.62. The van der Waals surface area contributed by atoms with Crippen molar-refractivity contribution in [3.8, 4) is 0 Å². The van der Waals surface area contributed by atoms with Crippen molar-refractivity contribution in [2.75, 3.05) is 18.5 Å². The Morgan fingerprint density at radius 1 is 1.09 bits per heavy atom. The van der Waals surface area contributed by atoms with Crippen LogP contribution in [0, 0.1) is 6.92 Å². The van der Waals surface area contributed by atoms with Crippen molar-refractivity contribution in [3.63, 3.8) is 0 Å². The van der Waals surface area contributed by atoms with Gasteiger partial charge in [-0.2, -0.15) is 0 Å². The van der Waals surface area contributed by atoms with E-state index in [1.54, 1.807) is 0 Å². The highest BCUT2D eigenvalue weighted by Crippen LogP contribution is 2.36. The summed E-state index contributed by atoms with van der Waals surface area (Å²) in [5.41, 5.74) is 2.15. The second-order valence-corrected chi connectivity index (χ2v) is 6.33. The maximum Gasteiger partial charge on any atom is 0.235 e. The van der Waals surface area contributed by atoms with Crippen LogP contribution in [0.25, 0.3) is 0 Å². The summed E-state index contributed by atoms with van der Waals surface area (Å²) in [5, 5.41) is 3.74. The van der Waals surface area contributed by atoms with E-state index in [9.17, 15) is 4.79 Å². The van der Waals surface area contributed by atoms with E-state index in [4.69, 9.17) is 16.3 Å². The van der Waals surface area contributed by atoms with Crippen LogP contribution in [0.1, 0.15) is 24.0 Å². The predicted octanol–water partition coefficient (Wildman–Crippen LogP) is 4.34. The summed E-state index contributed by atoms with van der Waals surface area (Å²) >= 11 is 6.16. The highest BCUT2D eigenvalue weighted by Gasteiger charge is 2.41. The third kappa shape index (κ3) is 3.12. The van der Waals surface area contributed by atoms with Crippen LogP contribution in [-0.4, -0.2) is 19.1 Å². The summed E-state index contributed by atoms with van der Waals surface area (Å²) in [6.45, 7) is 3.10. The SMILES string of the molecule is Cc1c(Cl)cccc1NC(=O)C1(c2ccccc2)CCOCC1. The van der Waals surface area contributed by atoms with Gasteiger partial charge in [0, 0.05) is 23.9 Å². The van der Waals surface area contributed by atoms with Gasteiger partial charge >= 0.3 is 0 Å². The molecule has 0 aromatic heterocycles. The number of rotatable bonds is 3. The van der Waals surface area contributed by atoms with Gasteiger partial charge in [-0.15, -0.1) is 0 Å². The number of anilines is 1. The number of nitrogens with one attached hydrogen (secondary N) is 1. The Morgan fingerprint density at radius 3 is 2.48 bits per heavy atom. The Labute approximate surface area is 141 Å². The van der Waals surface area contributed by atoms with E-state index in [1.165, 1.54) is 0 Å². The van der Waals surface area contributed by atoms with Gasteiger partial charge in [0.15, 0.2) is 0 Å². The maximum absolute atomic E-state index is 13.1. The van der Waals surface area contributed by atoms with E-state index in [-0.39, 0.29) is 5.91 Å².